The van der Waals surface area contributed by atoms with Crippen LogP contribution in [0.2, 0.25) is 0 Å². The third-order valence-corrected chi connectivity index (χ3v) is 5.83. The van der Waals surface area contributed by atoms with Gasteiger partial charge in [0.05, 0.1) is 13.2 Å². The van der Waals surface area contributed by atoms with Crippen LogP contribution < -0.4 is 20.3 Å². The molecule has 2 amide bonds. The molecule has 0 spiro atoms. The molecule has 0 bridgehead atoms. The first-order chi connectivity index (χ1) is 16.2. The minimum Gasteiger partial charge on any atom is -0.494 e. The van der Waals surface area contributed by atoms with Crippen molar-refractivity contribution < 1.29 is 19.1 Å². The highest BCUT2D eigenvalue weighted by atomic mass is 16.5. The van der Waals surface area contributed by atoms with Gasteiger partial charge in [0.2, 0.25) is 5.91 Å². The lowest BCUT2D eigenvalue weighted by Gasteiger charge is -2.23. The normalized spacial score (nSPS) is 11.1. The zero-order valence-electron chi connectivity index (χ0n) is 21.3. The van der Waals surface area contributed by atoms with E-state index in [2.05, 4.69) is 23.8 Å². The number of hydrogen-bond donors (Lipinski definition) is 2. The lowest BCUT2D eigenvalue weighted by molar-refractivity contribution is -0.130. The van der Waals surface area contributed by atoms with Crippen molar-refractivity contribution in [2.75, 3.05) is 13.2 Å². The van der Waals surface area contributed by atoms with Crippen molar-refractivity contribution in [2.45, 2.75) is 73.1 Å². The highest BCUT2D eigenvalue weighted by Gasteiger charge is 2.27. The van der Waals surface area contributed by atoms with E-state index in [4.69, 9.17) is 9.47 Å². The number of unbranched alkanes of at least 4 members (excludes halogenated alkanes) is 3. The van der Waals surface area contributed by atoms with Gasteiger partial charge in [-0.2, -0.15) is 0 Å². The van der Waals surface area contributed by atoms with Crippen LogP contribution in [-0.2, 0) is 4.79 Å². The van der Waals surface area contributed by atoms with Crippen LogP contribution >= 0.6 is 0 Å². The van der Waals surface area contributed by atoms with Gasteiger partial charge < -0.3 is 9.47 Å². The van der Waals surface area contributed by atoms with Gasteiger partial charge in [0.15, 0.2) is 0 Å². The Morgan fingerprint density at radius 1 is 0.853 bits per heavy atom. The minimum atomic E-state index is -0.645. The lowest BCUT2D eigenvalue weighted by Crippen LogP contribution is -2.47. The molecule has 0 fully saturated rings. The summed E-state index contributed by atoms with van der Waals surface area (Å²) in [6.45, 7) is 11.2. The van der Waals surface area contributed by atoms with E-state index < -0.39 is 5.41 Å². The summed E-state index contributed by atoms with van der Waals surface area (Å²) in [6, 6.07) is 13.1. The summed E-state index contributed by atoms with van der Waals surface area (Å²) < 4.78 is 11.6. The molecule has 2 aromatic carbocycles. The second-order valence-corrected chi connectivity index (χ2v) is 9.45. The fraction of sp³-hybridized carbons (Fsp3) is 0.500. The Morgan fingerprint density at radius 3 is 2.26 bits per heavy atom. The molecule has 0 atom stereocenters. The van der Waals surface area contributed by atoms with Gasteiger partial charge in [-0.15, -0.1) is 0 Å². The van der Waals surface area contributed by atoms with Crippen LogP contribution in [0.1, 0.15) is 80.8 Å². The number of nitrogens with one attached hydrogen (secondary N) is 2. The number of amides is 2. The van der Waals surface area contributed by atoms with Crippen molar-refractivity contribution in [3.63, 3.8) is 0 Å². The molecule has 6 heteroatoms. The van der Waals surface area contributed by atoms with Gasteiger partial charge in [0, 0.05) is 11.0 Å². The molecule has 0 unspecified atom stereocenters. The summed E-state index contributed by atoms with van der Waals surface area (Å²) in [4.78, 5) is 25.0. The van der Waals surface area contributed by atoms with Gasteiger partial charge in [0.1, 0.15) is 11.5 Å². The van der Waals surface area contributed by atoms with Crippen molar-refractivity contribution in [1.29, 1.82) is 0 Å². The molecule has 0 aromatic heterocycles. The van der Waals surface area contributed by atoms with Crippen molar-refractivity contribution in [1.82, 2.24) is 10.9 Å². The summed E-state index contributed by atoms with van der Waals surface area (Å²) in [5, 5.41) is 0. The van der Waals surface area contributed by atoms with E-state index in [1.165, 1.54) is 12.8 Å². The van der Waals surface area contributed by atoms with Gasteiger partial charge in [-0.1, -0.05) is 52.2 Å². The molecule has 0 aliphatic heterocycles. The van der Waals surface area contributed by atoms with Crippen LogP contribution in [-0.4, -0.2) is 25.0 Å². The predicted molar refractivity (Wildman–Crippen MR) is 136 cm³/mol. The number of aryl methyl sites for hydroxylation is 2. The Bertz CT molecular complexity index is 923. The lowest BCUT2D eigenvalue weighted by atomic mass is 9.87. The highest BCUT2D eigenvalue weighted by Crippen LogP contribution is 2.24. The van der Waals surface area contributed by atoms with Crippen molar-refractivity contribution >= 4 is 11.8 Å². The SMILES string of the molecule is CCCCCCOc1ccc(C(=O)NNC(=O)C(C)(C)CCCOc2cc(C)ccc2C)cc1. The Kier molecular flexibility index (Phi) is 10.9. The van der Waals surface area contributed by atoms with Gasteiger partial charge in [-0.25, -0.2) is 0 Å². The zero-order valence-corrected chi connectivity index (χ0v) is 21.3. The summed E-state index contributed by atoms with van der Waals surface area (Å²) in [5.74, 6) is 1.01. The Balaban J connectivity index is 1.72. The first kappa shape index (κ1) is 27.2. The Hall–Kier alpha value is -3.02. The molecule has 186 valence electrons. The molecule has 0 heterocycles. The van der Waals surface area contributed by atoms with Gasteiger partial charge in [0.25, 0.3) is 5.91 Å². The average molecular weight is 469 g/mol. The third kappa shape index (κ3) is 9.08. The molecule has 2 N–H and O–H groups in total. The first-order valence-electron chi connectivity index (χ1n) is 12.3. The van der Waals surface area contributed by atoms with E-state index >= 15 is 0 Å². The molecular weight excluding hydrogens is 428 g/mol. The smallest absolute Gasteiger partial charge is 0.269 e. The maximum absolute atomic E-state index is 12.6. The monoisotopic (exact) mass is 468 g/mol. The number of benzene rings is 2. The zero-order chi connectivity index (χ0) is 25.0. The third-order valence-electron chi connectivity index (χ3n) is 5.83. The number of carbonyl (C=O) groups is 2. The van der Waals surface area contributed by atoms with E-state index in [0.717, 1.165) is 41.9 Å². The van der Waals surface area contributed by atoms with Gasteiger partial charge >= 0.3 is 0 Å². The fourth-order valence-corrected chi connectivity index (χ4v) is 3.45. The van der Waals surface area contributed by atoms with Crippen LogP contribution in [0.5, 0.6) is 11.5 Å². The van der Waals surface area contributed by atoms with Crippen molar-refractivity contribution in [3.05, 3.63) is 59.2 Å². The van der Waals surface area contributed by atoms with Crippen LogP contribution in [0, 0.1) is 19.3 Å². The molecule has 2 aromatic rings. The molecule has 0 radical (unpaired) electrons. The summed E-state index contributed by atoms with van der Waals surface area (Å²) in [7, 11) is 0. The van der Waals surface area contributed by atoms with E-state index in [-0.39, 0.29) is 11.8 Å². The van der Waals surface area contributed by atoms with Crippen LogP contribution in [0.3, 0.4) is 0 Å². The topological polar surface area (TPSA) is 76.7 Å². The largest absolute Gasteiger partial charge is 0.494 e. The van der Waals surface area contributed by atoms with Crippen molar-refractivity contribution in [3.8, 4) is 11.5 Å². The molecule has 0 aliphatic carbocycles. The molecule has 0 aliphatic rings. The van der Waals surface area contributed by atoms with E-state index in [1.807, 2.05) is 39.8 Å². The van der Waals surface area contributed by atoms with E-state index in [1.54, 1.807) is 24.3 Å². The Labute approximate surface area is 204 Å². The fourth-order valence-electron chi connectivity index (χ4n) is 3.45. The molecule has 34 heavy (non-hydrogen) atoms. The van der Waals surface area contributed by atoms with Crippen LogP contribution in [0.4, 0.5) is 0 Å². The van der Waals surface area contributed by atoms with Crippen LogP contribution in [0.25, 0.3) is 0 Å². The summed E-state index contributed by atoms with van der Waals surface area (Å²) >= 11 is 0. The maximum atomic E-state index is 12.6. The minimum absolute atomic E-state index is 0.236. The summed E-state index contributed by atoms with van der Waals surface area (Å²) in [6.07, 6.45) is 5.94. The average Bonchev–Trinajstić information content (AvgIpc) is 2.82. The van der Waals surface area contributed by atoms with Gasteiger partial charge in [-0.3, -0.25) is 20.4 Å². The molecule has 2 rings (SSSR count). The maximum Gasteiger partial charge on any atom is 0.269 e. The molecule has 0 saturated heterocycles. The quantitative estimate of drug-likeness (QED) is 0.283. The van der Waals surface area contributed by atoms with E-state index in [0.29, 0.717) is 25.2 Å². The van der Waals surface area contributed by atoms with E-state index in [9.17, 15) is 9.59 Å². The molecule has 6 nitrogen and oxygen atoms in total. The second kappa shape index (κ2) is 13.6. The molecule has 0 saturated carbocycles. The Morgan fingerprint density at radius 2 is 1.56 bits per heavy atom. The van der Waals surface area contributed by atoms with Crippen LogP contribution in [0.15, 0.2) is 42.5 Å². The number of hydrazine groups is 1. The van der Waals surface area contributed by atoms with Gasteiger partial charge in [-0.05, 0) is 74.6 Å². The first-order valence-corrected chi connectivity index (χ1v) is 12.3. The van der Waals surface area contributed by atoms with Crippen molar-refractivity contribution in [2.24, 2.45) is 5.41 Å². The number of ether oxygens (including phenoxy) is 2. The number of rotatable bonds is 13. The second-order valence-electron chi connectivity index (χ2n) is 9.45. The molecular formula is C28H40N2O4. The highest BCUT2D eigenvalue weighted by molar-refractivity contribution is 5.95. The summed E-state index contributed by atoms with van der Waals surface area (Å²) in [5.41, 5.74) is 7.12. The standard InChI is InChI=1S/C28H40N2O4/c1-6-7-8-9-18-33-24-15-13-23(14-16-24)26(31)29-30-27(32)28(4,5)17-10-19-34-25-20-21(2)11-12-22(25)3/h11-16,20H,6-10,17-19H2,1-5H3,(H,29,31)(H,30,32). The number of hydrogen-bond acceptors (Lipinski definition) is 4. The number of carbonyl (C=O) groups excluding carboxylic acids is 2. The predicted octanol–water partition coefficient (Wildman–Crippen LogP) is 5.91.